The molecule has 1 saturated carbocycles. The first-order valence-electron chi connectivity index (χ1n) is 6.93. The van der Waals surface area contributed by atoms with Crippen LogP contribution in [-0.4, -0.2) is 53.5 Å². The Bertz CT molecular complexity index is 324. The van der Waals surface area contributed by atoms with Crippen LogP contribution in [0.5, 0.6) is 0 Å². The number of carbonyl (C=O) groups is 2. The molecule has 2 rings (SSSR count). The van der Waals surface area contributed by atoms with Crippen molar-refractivity contribution in [3.8, 4) is 0 Å². The first-order valence-corrected chi connectivity index (χ1v) is 6.93. The molecule has 0 aromatic carbocycles. The van der Waals surface area contributed by atoms with E-state index >= 15 is 0 Å². The molecule has 102 valence electrons. The number of piperazine rings is 1. The molecule has 1 aliphatic carbocycles. The Kier molecular flexibility index (Phi) is 4.09. The number of hydrogen-bond donors (Lipinski definition) is 1. The van der Waals surface area contributed by atoms with Gasteiger partial charge in [-0.05, 0) is 26.7 Å². The molecule has 5 nitrogen and oxygen atoms in total. The van der Waals surface area contributed by atoms with Gasteiger partial charge in [0.1, 0.15) is 6.54 Å². The quantitative estimate of drug-likeness (QED) is 0.803. The summed E-state index contributed by atoms with van der Waals surface area (Å²) in [6.07, 6.45) is 4.55. The summed E-state index contributed by atoms with van der Waals surface area (Å²) in [4.78, 5) is 27.4. The lowest BCUT2D eigenvalue weighted by atomic mass is 10.2. The van der Waals surface area contributed by atoms with Crippen molar-refractivity contribution in [1.82, 2.24) is 15.1 Å². The van der Waals surface area contributed by atoms with Crippen molar-refractivity contribution in [2.45, 2.75) is 51.6 Å². The number of rotatable bonds is 2. The molecule has 5 heteroatoms. The van der Waals surface area contributed by atoms with E-state index in [-0.39, 0.29) is 24.5 Å². The monoisotopic (exact) mass is 253 g/mol. The van der Waals surface area contributed by atoms with Crippen LogP contribution in [0.4, 0.5) is 4.79 Å². The molecule has 0 radical (unpaired) electrons. The summed E-state index contributed by atoms with van der Waals surface area (Å²) in [5, 5.41) is 3.03. The standard InChI is InChI=1S/C13H23N3O2/c1-10(2)16-8-7-15(9-12(16)17)13(18)14-11-5-3-4-6-11/h10-11H,3-9H2,1-2H3,(H,14,18). The lowest BCUT2D eigenvalue weighted by Crippen LogP contribution is -2.57. The average Bonchev–Trinajstić information content (AvgIpc) is 2.81. The highest BCUT2D eigenvalue weighted by atomic mass is 16.2. The molecular formula is C13H23N3O2. The number of urea groups is 1. The molecule has 1 aliphatic heterocycles. The van der Waals surface area contributed by atoms with Crippen LogP contribution < -0.4 is 5.32 Å². The van der Waals surface area contributed by atoms with Crippen molar-refractivity contribution in [3.05, 3.63) is 0 Å². The number of carbonyl (C=O) groups excluding carboxylic acids is 2. The van der Waals surface area contributed by atoms with E-state index in [9.17, 15) is 9.59 Å². The van der Waals surface area contributed by atoms with Gasteiger partial charge in [0.15, 0.2) is 0 Å². The third-order valence-corrected chi connectivity index (χ3v) is 3.85. The molecule has 0 bridgehead atoms. The average molecular weight is 253 g/mol. The maximum Gasteiger partial charge on any atom is 0.318 e. The van der Waals surface area contributed by atoms with Gasteiger partial charge in [-0.2, -0.15) is 0 Å². The highest BCUT2D eigenvalue weighted by Crippen LogP contribution is 2.18. The maximum absolute atomic E-state index is 12.0. The van der Waals surface area contributed by atoms with Crippen LogP contribution in [0.2, 0.25) is 0 Å². The van der Waals surface area contributed by atoms with Gasteiger partial charge in [0.05, 0.1) is 0 Å². The SMILES string of the molecule is CC(C)N1CCN(C(=O)NC2CCCC2)CC1=O. The second-order valence-electron chi connectivity index (χ2n) is 5.53. The zero-order chi connectivity index (χ0) is 13.1. The Morgan fingerprint density at radius 1 is 1.28 bits per heavy atom. The van der Waals surface area contributed by atoms with Crippen LogP contribution in [0.15, 0.2) is 0 Å². The number of nitrogens with zero attached hydrogens (tertiary/aromatic N) is 2. The molecule has 1 heterocycles. The zero-order valence-corrected chi connectivity index (χ0v) is 11.3. The van der Waals surface area contributed by atoms with E-state index in [1.165, 1.54) is 12.8 Å². The Labute approximate surface area is 108 Å². The second kappa shape index (κ2) is 5.59. The van der Waals surface area contributed by atoms with Crippen molar-refractivity contribution in [2.75, 3.05) is 19.6 Å². The number of nitrogens with one attached hydrogen (secondary N) is 1. The van der Waals surface area contributed by atoms with E-state index < -0.39 is 0 Å². The van der Waals surface area contributed by atoms with Gasteiger partial charge >= 0.3 is 6.03 Å². The highest BCUT2D eigenvalue weighted by molar-refractivity contribution is 5.85. The van der Waals surface area contributed by atoms with Crippen molar-refractivity contribution in [1.29, 1.82) is 0 Å². The van der Waals surface area contributed by atoms with Crippen LogP contribution in [-0.2, 0) is 4.79 Å². The lowest BCUT2D eigenvalue weighted by molar-refractivity contribution is -0.136. The van der Waals surface area contributed by atoms with Crippen molar-refractivity contribution in [3.63, 3.8) is 0 Å². The first-order chi connectivity index (χ1) is 8.58. The summed E-state index contributed by atoms with van der Waals surface area (Å²) < 4.78 is 0. The van der Waals surface area contributed by atoms with Gasteiger partial charge in [0.25, 0.3) is 0 Å². The van der Waals surface area contributed by atoms with Crippen LogP contribution >= 0.6 is 0 Å². The fourth-order valence-corrected chi connectivity index (χ4v) is 2.74. The molecule has 0 unspecified atom stereocenters. The van der Waals surface area contributed by atoms with Gasteiger partial charge in [0, 0.05) is 25.2 Å². The molecule has 3 amide bonds. The molecule has 0 aromatic rings. The molecule has 0 atom stereocenters. The van der Waals surface area contributed by atoms with E-state index in [1.807, 2.05) is 18.7 Å². The smallest absolute Gasteiger partial charge is 0.318 e. The normalized spacial score (nSPS) is 21.8. The summed E-state index contributed by atoms with van der Waals surface area (Å²) in [6.45, 7) is 5.52. The van der Waals surface area contributed by atoms with E-state index in [4.69, 9.17) is 0 Å². The minimum Gasteiger partial charge on any atom is -0.337 e. The highest BCUT2D eigenvalue weighted by Gasteiger charge is 2.29. The Morgan fingerprint density at radius 3 is 2.50 bits per heavy atom. The molecule has 0 spiro atoms. The van der Waals surface area contributed by atoms with Gasteiger partial charge in [-0.15, -0.1) is 0 Å². The maximum atomic E-state index is 12.0. The number of amides is 3. The lowest BCUT2D eigenvalue weighted by Gasteiger charge is -2.37. The van der Waals surface area contributed by atoms with Gasteiger partial charge in [-0.3, -0.25) is 4.79 Å². The third-order valence-electron chi connectivity index (χ3n) is 3.85. The minimum absolute atomic E-state index is 0.0535. The molecule has 18 heavy (non-hydrogen) atoms. The van der Waals surface area contributed by atoms with Gasteiger partial charge < -0.3 is 15.1 Å². The molecule has 2 fully saturated rings. The fraction of sp³-hybridized carbons (Fsp3) is 0.846. The summed E-state index contributed by atoms with van der Waals surface area (Å²) in [5.41, 5.74) is 0. The van der Waals surface area contributed by atoms with Crippen LogP contribution in [0.25, 0.3) is 0 Å². The number of hydrogen-bond acceptors (Lipinski definition) is 2. The Balaban J connectivity index is 1.83. The summed E-state index contributed by atoms with van der Waals surface area (Å²) >= 11 is 0. The fourth-order valence-electron chi connectivity index (χ4n) is 2.74. The zero-order valence-electron chi connectivity index (χ0n) is 11.3. The first kappa shape index (κ1) is 13.2. The molecule has 0 aromatic heterocycles. The molecule has 1 saturated heterocycles. The van der Waals surface area contributed by atoms with Crippen molar-refractivity contribution in [2.24, 2.45) is 0 Å². The Morgan fingerprint density at radius 2 is 1.94 bits per heavy atom. The van der Waals surface area contributed by atoms with Gasteiger partial charge in [0.2, 0.25) is 5.91 Å². The minimum atomic E-state index is -0.0707. The summed E-state index contributed by atoms with van der Waals surface area (Å²) in [6, 6.07) is 0.465. The molecule has 1 N–H and O–H groups in total. The molecular weight excluding hydrogens is 230 g/mol. The van der Waals surface area contributed by atoms with Crippen LogP contribution in [0, 0.1) is 0 Å². The van der Waals surface area contributed by atoms with E-state index in [0.29, 0.717) is 19.1 Å². The van der Waals surface area contributed by atoms with Gasteiger partial charge in [-0.25, -0.2) is 4.79 Å². The Hall–Kier alpha value is -1.26. The summed E-state index contributed by atoms with van der Waals surface area (Å²) in [5.74, 6) is 0.0535. The van der Waals surface area contributed by atoms with E-state index in [1.54, 1.807) is 4.90 Å². The van der Waals surface area contributed by atoms with E-state index in [0.717, 1.165) is 12.8 Å². The largest absolute Gasteiger partial charge is 0.337 e. The van der Waals surface area contributed by atoms with Crippen molar-refractivity contribution < 1.29 is 9.59 Å². The topological polar surface area (TPSA) is 52.6 Å². The van der Waals surface area contributed by atoms with Crippen molar-refractivity contribution >= 4 is 11.9 Å². The van der Waals surface area contributed by atoms with Gasteiger partial charge in [-0.1, -0.05) is 12.8 Å². The van der Waals surface area contributed by atoms with E-state index in [2.05, 4.69) is 5.32 Å². The third kappa shape index (κ3) is 2.94. The predicted octanol–water partition coefficient (Wildman–Crippen LogP) is 1.19. The van der Waals surface area contributed by atoms with Crippen LogP contribution in [0.3, 0.4) is 0 Å². The summed E-state index contributed by atoms with van der Waals surface area (Å²) in [7, 11) is 0. The predicted molar refractivity (Wildman–Crippen MR) is 69.2 cm³/mol. The second-order valence-corrected chi connectivity index (χ2v) is 5.53. The molecule has 2 aliphatic rings. The van der Waals surface area contributed by atoms with Crippen LogP contribution in [0.1, 0.15) is 39.5 Å².